The molecule has 0 spiro atoms. The number of methoxy groups -OCH3 is 3. The third kappa shape index (κ3) is 4.27. The number of hydrogen-bond donors (Lipinski definition) is 2. The highest BCUT2D eigenvalue weighted by Crippen LogP contribution is 2.41. The van der Waals surface area contributed by atoms with Crippen molar-refractivity contribution in [2.75, 3.05) is 21.3 Å². The second kappa shape index (κ2) is 8.66. The van der Waals surface area contributed by atoms with E-state index < -0.39 is 18.0 Å². The minimum atomic E-state index is -0.714. The van der Waals surface area contributed by atoms with Crippen LogP contribution in [-0.4, -0.2) is 39.4 Å². The van der Waals surface area contributed by atoms with Crippen molar-refractivity contribution in [3.8, 4) is 17.2 Å². The standard InChI is InChI=1S/C19H26N2O6/c1-7-12-15(18(22)27-10(2)3)16(21-19(23)20-12)11-8-13(24-4)17(26-6)14(9-11)25-5/h8-10,16H,7H2,1-6H3,(H2,20,21,23). The average molecular weight is 378 g/mol. The molecule has 1 aliphatic rings. The zero-order valence-electron chi connectivity index (χ0n) is 16.5. The SMILES string of the molecule is CCC1=C(C(=O)OC(C)C)C(c2cc(OC)c(OC)c(OC)c2)NC(=O)N1. The highest BCUT2D eigenvalue weighted by molar-refractivity contribution is 5.95. The molecule has 2 rings (SSSR count). The maximum absolute atomic E-state index is 12.7. The molecule has 0 aliphatic carbocycles. The molecule has 1 aromatic carbocycles. The summed E-state index contributed by atoms with van der Waals surface area (Å²) in [5.74, 6) is 0.784. The van der Waals surface area contributed by atoms with E-state index in [1.807, 2.05) is 6.92 Å². The number of rotatable bonds is 7. The fourth-order valence-electron chi connectivity index (χ4n) is 2.93. The molecule has 0 bridgehead atoms. The summed E-state index contributed by atoms with van der Waals surface area (Å²) in [4.78, 5) is 24.9. The molecule has 0 saturated heterocycles. The van der Waals surface area contributed by atoms with Gasteiger partial charge in [-0.2, -0.15) is 0 Å². The number of carbonyl (C=O) groups excluding carboxylic acids is 2. The number of carbonyl (C=O) groups is 2. The van der Waals surface area contributed by atoms with E-state index in [0.29, 0.717) is 40.5 Å². The first-order chi connectivity index (χ1) is 12.9. The van der Waals surface area contributed by atoms with Gasteiger partial charge in [-0.05, 0) is 38.0 Å². The lowest BCUT2D eigenvalue weighted by Crippen LogP contribution is -2.46. The number of nitrogens with one attached hydrogen (secondary N) is 2. The van der Waals surface area contributed by atoms with Gasteiger partial charge in [0.15, 0.2) is 11.5 Å². The molecule has 8 heteroatoms. The number of benzene rings is 1. The molecule has 1 aliphatic heterocycles. The number of esters is 1. The second-order valence-electron chi connectivity index (χ2n) is 6.19. The summed E-state index contributed by atoms with van der Waals surface area (Å²) in [6, 6.07) is 2.29. The molecule has 0 saturated carbocycles. The lowest BCUT2D eigenvalue weighted by atomic mass is 9.93. The van der Waals surface area contributed by atoms with Crippen LogP contribution >= 0.6 is 0 Å². The summed E-state index contributed by atoms with van der Waals surface area (Å²) < 4.78 is 21.5. The topological polar surface area (TPSA) is 95.1 Å². The van der Waals surface area contributed by atoms with Crippen LogP contribution in [0.4, 0.5) is 4.79 Å². The predicted octanol–water partition coefficient (Wildman–Crippen LogP) is 2.68. The van der Waals surface area contributed by atoms with Crippen molar-refractivity contribution in [2.24, 2.45) is 0 Å². The van der Waals surface area contributed by atoms with E-state index in [0.717, 1.165) is 0 Å². The van der Waals surface area contributed by atoms with Crippen LogP contribution in [-0.2, 0) is 9.53 Å². The van der Waals surface area contributed by atoms with E-state index in [9.17, 15) is 9.59 Å². The molecular formula is C19H26N2O6. The van der Waals surface area contributed by atoms with Crippen LogP contribution < -0.4 is 24.8 Å². The lowest BCUT2D eigenvalue weighted by molar-refractivity contribution is -0.143. The maximum Gasteiger partial charge on any atom is 0.338 e. The summed E-state index contributed by atoms with van der Waals surface area (Å²) in [5.41, 5.74) is 1.48. The summed E-state index contributed by atoms with van der Waals surface area (Å²) in [7, 11) is 4.51. The molecule has 1 heterocycles. The van der Waals surface area contributed by atoms with E-state index in [2.05, 4.69) is 10.6 Å². The molecule has 1 unspecified atom stereocenters. The maximum atomic E-state index is 12.7. The fourth-order valence-corrected chi connectivity index (χ4v) is 2.93. The minimum Gasteiger partial charge on any atom is -0.493 e. The Balaban J connectivity index is 2.62. The Hall–Kier alpha value is -2.90. The van der Waals surface area contributed by atoms with Crippen LogP contribution in [0.2, 0.25) is 0 Å². The molecule has 1 aromatic rings. The van der Waals surface area contributed by atoms with Crippen LogP contribution in [0.3, 0.4) is 0 Å². The van der Waals surface area contributed by atoms with Crippen molar-refractivity contribution in [1.82, 2.24) is 10.6 Å². The van der Waals surface area contributed by atoms with Gasteiger partial charge in [0.25, 0.3) is 0 Å². The van der Waals surface area contributed by atoms with Gasteiger partial charge in [-0.25, -0.2) is 9.59 Å². The van der Waals surface area contributed by atoms with Gasteiger partial charge in [0.1, 0.15) is 0 Å². The highest BCUT2D eigenvalue weighted by atomic mass is 16.5. The first kappa shape index (κ1) is 20.4. The predicted molar refractivity (Wildman–Crippen MR) is 99.1 cm³/mol. The summed E-state index contributed by atoms with van der Waals surface area (Å²) in [6.07, 6.45) is 0.179. The molecule has 27 heavy (non-hydrogen) atoms. The highest BCUT2D eigenvalue weighted by Gasteiger charge is 2.34. The van der Waals surface area contributed by atoms with Gasteiger partial charge in [0, 0.05) is 5.70 Å². The first-order valence-electron chi connectivity index (χ1n) is 8.67. The molecular weight excluding hydrogens is 352 g/mol. The van der Waals surface area contributed by atoms with Gasteiger partial charge >= 0.3 is 12.0 Å². The summed E-state index contributed by atoms with van der Waals surface area (Å²) in [6.45, 7) is 5.40. The summed E-state index contributed by atoms with van der Waals surface area (Å²) >= 11 is 0. The molecule has 148 valence electrons. The Morgan fingerprint density at radius 1 is 1.11 bits per heavy atom. The van der Waals surface area contributed by atoms with Crippen LogP contribution in [0.25, 0.3) is 0 Å². The Morgan fingerprint density at radius 2 is 1.70 bits per heavy atom. The largest absolute Gasteiger partial charge is 0.493 e. The van der Waals surface area contributed by atoms with Gasteiger partial charge in [-0.1, -0.05) is 6.92 Å². The monoisotopic (exact) mass is 378 g/mol. The zero-order valence-corrected chi connectivity index (χ0v) is 16.5. The van der Waals surface area contributed by atoms with E-state index in [1.54, 1.807) is 26.0 Å². The van der Waals surface area contributed by atoms with E-state index in [4.69, 9.17) is 18.9 Å². The number of ether oxygens (including phenoxy) is 4. The molecule has 1 atom stereocenters. The smallest absolute Gasteiger partial charge is 0.338 e. The molecule has 8 nitrogen and oxygen atoms in total. The van der Waals surface area contributed by atoms with Crippen LogP contribution in [0.15, 0.2) is 23.4 Å². The van der Waals surface area contributed by atoms with Gasteiger partial charge in [-0.3, -0.25) is 0 Å². The Kier molecular flexibility index (Phi) is 6.55. The Labute approximate surface area is 158 Å². The van der Waals surface area contributed by atoms with Crippen molar-refractivity contribution in [1.29, 1.82) is 0 Å². The molecule has 0 fully saturated rings. The van der Waals surface area contributed by atoms with Crippen LogP contribution in [0, 0.1) is 0 Å². The third-order valence-corrected chi connectivity index (χ3v) is 4.09. The van der Waals surface area contributed by atoms with Crippen molar-refractivity contribution in [3.63, 3.8) is 0 Å². The Bertz CT molecular complexity index is 732. The summed E-state index contributed by atoms with van der Waals surface area (Å²) in [5, 5.41) is 5.47. The first-order valence-corrected chi connectivity index (χ1v) is 8.67. The normalized spacial score (nSPS) is 16.6. The Morgan fingerprint density at radius 3 is 2.15 bits per heavy atom. The number of hydrogen-bond acceptors (Lipinski definition) is 6. The molecule has 2 N–H and O–H groups in total. The molecule has 0 radical (unpaired) electrons. The number of allylic oxidation sites excluding steroid dienone is 1. The minimum absolute atomic E-state index is 0.290. The van der Waals surface area contributed by atoms with Crippen molar-refractivity contribution >= 4 is 12.0 Å². The van der Waals surface area contributed by atoms with E-state index >= 15 is 0 Å². The van der Waals surface area contributed by atoms with E-state index in [-0.39, 0.29) is 6.10 Å². The quantitative estimate of drug-likeness (QED) is 0.709. The average Bonchev–Trinajstić information content (AvgIpc) is 2.65. The van der Waals surface area contributed by atoms with Gasteiger partial charge in [-0.15, -0.1) is 0 Å². The van der Waals surface area contributed by atoms with Gasteiger partial charge in [0.2, 0.25) is 5.75 Å². The second-order valence-corrected chi connectivity index (χ2v) is 6.19. The fraction of sp³-hybridized carbons (Fsp3) is 0.474. The molecule has 0 aromatic heterocycles. The van der Waals surface area contributed by atoms with Crippen molar-refractivity contribution < 1.29 is 28.5 Å². The van der Waals surface area contributed by atoms with E-state index in [1.165, 1.54) is 21.3 Å². The van der Waals surface area contributed by atoms with Crippen LogP contribution in [0.1, 0.15) is 38.8 Å². The van der Waals surface area contributed by atoms with Crippen molar-refractivity contribution in [3.05, 3.63) is 29.0 Å². The van der Waals surface area contributed by atoms with Crippen molar-refractivity contribution in [2.45, 2.75) is 39.3 Å². The lowest BCUT2D eigenvalue weighted by Gasteiger charge is -2.30. The zero-order chi connectivity index (χ0) is 20.1. The number of amides is 2. The number of urea groups is 1. The van der Waals surface area contributed by atoms with Gasteiger partial charge < -0.3 is 29.6 Å². The van der Waals surface area contributed by atoms with Crippen LogP contribution in [0.5, 0.6) is 17.2 Å². The molecule has 2 amide bonds. The third-order valence-electron chi connectivity index (χ3n) is 4.09. The van der Waals surface area contributed by atoms with Gasteiger partial charge in [0.05, 0.1) is 39.0 Å².